The molecule has 0 heterocycles. The van der Waals surface area contributed by atoms with Gasteiger partial charge in [0, 0.05) is 12.2 Å². The minimum atomic E-state index is 0.773. The van der Waals surface area contributed by atoms with Gasteiger partial charge in [-0.3, -0.25) is 0 Å². The summed E-state index contributed by atoms with van der Waals surface area (Å²) in [7, 11) is 0. The van der Waals surface area contributed by atoms with Gasteiger partial charge in [0.2, 0.25) is 0 Å². The fraction of sp³-hybridized carbons (Fsp3) is 0.250. The lowest BCUT2D eigenvalue weighted by molar-refractivity contribution is 0.306. The van der Waals surface area contributed by atoms with Crippen molar-refractivity contribution in [1.29, 1.82) is 0 Å². The smallest absolute Gasteiger partial charge is 0.127 e. The molecule has 3 heteroatoms. The van der Waals surface area contributed by atoms with E-state index in [1.54, 1.807) is 0 Å². The van der Waals surface area contributed by atoms with Crippen molar-refractivity contribution in [3.05, 3.63) is 84.4 Å². The predicted octanol–water partition coefficient (Wildman–Crippen LogP) is 6.66. The first-order valence-electron chi connectivity index (χ1n) is 9.62. The van der Waals surface area contributed by atoms with Crippen molar-refractivity contribution >= 4 is 5.69 Å². The van der Waals surface area contributed by atoms with Gasteiger partial charge in [-0.25, -0.2) is 0 Å². The molecule has 0 aliphatic heterocycles. The van der Waals surface area contributed by atoms with Gasteiger partial charge in [-0.15, -0.1) is 0 Å². The molecule has 0 aliphatic carbocycles. The molecule has 3 nitrogen and oxygen atoms in total. The van der Waals surface area contributed by atoms with Crippen LogP contribution in [-0.4, -0.2) is 6.61 Å². The Hall–Kier alpha value is -2.94. The molecule has 0 unspecified atom stereocenters. The van der Waals surface area contributed by atoms with Crippen LogP contribution in [0.4, 0.5) is 5.69 Å². The Balaban J connectivity index is 1.45. The Labute approximate surface area is 162 Å². The maximum Gasteiger partial charge on any atom is 0.127 e. The maximum absolute atomic E-state index is 5.82. The summed E-state index contributed by atoms with van der Waals surface area (Å²) in [6, 6.07) is 26.1. The number of para-hydroxylation sites is 1. The van der Waals surface area contributed by atoms with Gasteiger partial charge in [0.1, 0.15) is 17.2 Å². The minimum absolute atomic E-state index is 0.773. The number of hydrogen-bond donors (Lipinski definition) is 1. The van der Waals surface area contributed by atoms with Crippen LogP contribution in [0.15, 0.2) is 78.9 Å². The van der Waals surface area contributed by atoms with Gasteiger partial charge in [-0.2, -0.15) is 0 Å². The summed E-state index contributed by atoms with van der Waals surface area (Å²) < 4.78 is 11.6. The van der Waals surface area contributed by atoms with Gasteiger partial charge in [-0.05, 0) is 60.5 Å². The van der Waals surface area contributed by atoms with Gasteiger partial charge < -0.3 is 14.8 Å². The summed E-state index contributed by atoms with van der Waals surface area (Å²) in [6.07, 6.45) is 3.55. The number of hydrogen-bond acceptors (Lipinski definition) is 3. The van der Waals surface area contributed by atoms with Crippen LogP contribution in [0.5, 0.6) is 17.2 Å². The quantitative estimate of drug-likeness (QED) is 0.410. The van der Waals surface area contributed by atoms with Crippen molar-refractivity contribution < 1.29 is 9.47 Å². The van der Waals surface area contributed by atoms with Crippen LogP contribution < -0.4 is 14.8 Å². The molecule has 27 heavy (non-hydrogen) atoms. The van der Waals surface area contributed by atoms with Gasteiger partial charge in [0.25, 0.3) is 0 Å². The SMILES string of the molecule is CCCCCOc1ccc(CNc2ccc(Oc3ccccc3)cc2)cc1. The second-order valence-corrected chi connectivity index (χ2v) is 6.49. The van der Waals surface area contributed by atoms with Crippen molar-refractivity contribution in [2.75, 3.05) is 11.9 Å². The van der Waals surface area contributed by atoms with Gasteiger partial charge >= 0.3 is 0 Å². The second-order valence-electron chi connectivity index (χ2n) is 6.49. The molecule has 0 radical (unpaired) electrons. The highest BCUT2D eigenvalue weighted by molar-refractivity contribution is 5.47. The molecule has 3 aromatic carbocycles. The summed E-state index contributed by atoms with van der Waals surface area (Å²) in [4.78, 5) is 0. The highest BCUT2D eigenvalue weighted by Crippen LogP contribution is 2.23. The second kappa shape index (κ2) is 10.3. The zero-order valence-electron chi connectivity index (χ0n) is 15.9. The number of rotatable bonds is 10. The normalized spacial score (nSPS) is 10.4. The van der Waals surface area contributed by atoms with E-state index in [0.29, 0.717) is 0 Å². The average molecular weight is 361 g/mol. The van der Waals surface area contributed by atoms with E-state index in [0.717, 1.165) is 42.5 Å². The van der Waals surface area contributed by atoms with E-state index >= 15 is 0 Å². The van der Waals surface area contributed by atoms with Gasteiger partial charge in [0.05, 0.1) is 6.61 Å². The minimum Gasteiger partial charge on any atom is -0.494 e. The van der Waals surface area contributed by atoms with Crippen molar-refractivity contribution in [1.82, 2.24) is 0 Å². The van der Waals surface area contributed by atoms with E-state index in [1.165, 1.54) is 18.4 Å². The molecule has 0 fully saturated rings. The third kappa shape index (κ3) is 6.37. The van der Waals surface area contributed by atoms with E-state index in [2.05, 4.69) is 24.4 Å². The Morgan fingerprint density at radius 3 is 2.07 bits per heavy atom. The van der Waals surface area contributed by atoms with E-state index in [1.807, 2.05) is 66.7 Å². The molecule has 0 aromatic heterocycles. The summed E-state index contributed by atoms with van der Waals surface area (Å²) in [5.74, 6) is 2.61. The first-order chi connectivity index (χ1) is 13.3. The highest BCUT2D eigenvalue weighted by Gasteiger charge is 1.99. The lowest BCUT2D eigenvalue weighted by atomic mass is 10.2. The van der Waals surface area contributed by atoms with E-state index < -0.39 is 0 Å². The molecular weight excluding hydrogens is 334 g/mol. The lowest BCUT2D eigenvalue weighted by Crippen LogP contribution is -2.00. The predicted molar refractivity (Wildman–Crippen MR) is 112 cm³/mol. The van der Waals surface area contributed by atoms with Crippen LogP contribution in [0, 0.1) is 0 Å². The van der Waals surface area contributed by atoms with Crippen LogP contribution in [0.25, 0.3) is 0 Å². The number of benzene rings is 3. The van der Waals surface area contributed by atoms with Crippen LogP contribution in [0.3, 0.4) is 0 Å². The highest BCUT2D eigenvalue weighted by atomic mass is 16.5. The third-order valence-electron chi connectivity index (χ3n) is 4.27. The molecule has 0 saturated carbocycles. The van der Waals surface area contributed by atoms with Crippen LogP contribution >= 0.6 is 0 Å². The fourth-order valence-corrected chi connectivity index (χ4v) is 2.72. The summed E-state index contributed by atoms with van der Waals surface area (Å²) in [6.45, 7) is 3.77. The van der Waals surface area contributed by atoms with Crippen molar-refractivity contribution in [3.63, 3.8) is 0 Å². The summed E-state index contributed by atoms with van der Waals surface area (Å²) in [5.41, 5.74) is 2.29. The average Bonchev–Trinajstić information content (AvgIpc) is 2.72. The number of anilines is 1. The largest absolute Gasteiger partial charge is 0.494 e. The third-order valence-corrected chi connectivity index (χ3v) is 4.27. The van der Waals surface area contributed by atoms with Crippen LogP contribution in [0.2, 0.25) is 0 Å². The van der Waals surface area contributed by atoms with Crippen molar-refractivity contribution in [2.24, 2.45) is 0 Å². The molecule has 0 amide bonds. The lowest BCUT2D eigenvalue weighted by Gasteiger charge is -2.10. The zero-order valence-corrected chi connectivity index (χ0v) is 15.9. The summed E-state index contributed by atoms with van der Waals surface area (Å²) in [5, 5.41) is 3.44. The zero-order chi connectivity index (χ0) is 18.7. The Morgan fingerprint density at radius 1 is 0.704 bits per heavy atom. The van der Waals surface area contributed by atoms with E-state index in [9.17, 15) is 0 Å². The molecule has 140 valence electrons. The number of nitrogens with one attached hydrogen (secondary N) is 1. The first kappa shape index (κ1) is 18.8. The van der Waals surface area contributed by atoms with Crippen molar-refractivity contribution in [2.45, 2.75) is 32.7 Å². The fourth-order valence-electron chi connectivity index (χ4n) is 2.72. The molecule has 3 aromatic rings. The van der Waals surface area contributed by atoms with Crippen LogP contribution in [0.1, 0.15) is 31.7 Å². The van der Waals surface area contributed by atoms with Crippen LogP contribution in [-0.2, 0) is 6.54 Å². The molecular formula is C24H27NO2. The van der Waals surface area contributed by atoms with Gasteiger partial charge in [-0.1, -0.05) is 50.1 Å². The standard InChI is InChI=1S/C24H27NO2/c1-2-3-7-18-26-22-14-10-20(11-15-22)19-25-21-12-16-24(17-13-21)27-23-8-5-4-6-9-23/h4-6,8-17,25H,2-3,7,18-19H2,1H3. The monoisotopic (exact) mass is 361 g/mol. The number of unbranched alkanes of at least 4 members (excludes halogenated alkanes) is 2. The Bertz CT molecular complexity index is 783. The van der Waals surface area contributed by atoms with Gasteiger partial charge in [0.15, 0.2) is 0 Å². The molecule has 0 bridgehead atoms. The molecule has 0 atom stereocenters. The Morgan fingerprint density at radius 2 is 1.37 bits per heavy atom. The van der Waals surface area contributed by atoms with E-state index in [4.69, 9.17) is 9.47 Å². The molecule has 3 rings (SSSR count). The molecule has 0 aliphatic rings. The van der Waals surface area contributed by atoms with E-state index in [-0.39, 0.29) is 0 Å². The molecule has 0 spiro atoms. The number of ether oxygens (including phenoxy) is 2. The topological polar surface area (TPSA) is 30.5 Å². The molecule has 1 N–H and O–H groups in total. The van der Waals surface area contributed by atoms with Crippen molar-refractivity contribution in [3.8, 4) is 17.2 Å². The maximum atomic E-state index is 5.82. The first-order valence-corrected chi connectivity index (χ1v) is 9.62. The Kier molecular flexibility index (Phi) is 7.16. The summed E-state index contributed by atoms with van der Waals surface area (Å²) >= 11 is 0. The molecule has 0 saturated heterocycles.